The van der Waals surface area contributed by atoms with Gasteiger partial charge in [0.05, 0.1) is 0 Å². The standard InChI is InChI=1S/C11H19NO/c12-10(13)9-4-3-7-11(8-9)5-1-2-6-11/h9H,1-8H2,(H2,12,13). The van der Waals surface area contributed by atoms with Crippen LogP contribution in [-0.4, -0.2) is 5.91 Å². The van der Waals surface area contributed by atoms with Crippen molar-refractivity contribution in [2.75, 3.05) is 0 Å². The molecule has 1 atom stereocenters. The summed E-state index contributed by atoms with van der Waals surface area (Å²) in [4.78, 5) is 11.1. The maximum Gasteiger partial charge on any atom is 0.220 e. The molecule has 0 saturated heterocycles. The molecule has 0 aliphatic heterocycles. The lowest BCUT2D eigenvalue weighted by molar-refractivity contribution is -0.124. The second-order valence-electron chi connectivity index (χ2n) is 4.90. The summed E-state index contributed by atoms with van der Waals surface area (Å²) < 4.78 is 0. The van der Waals surface area contributed by atoms with Gasteiger partial charge in [-0.2, -0.15) is 0 Å². The van der Waals surface area contributed by atoms with Crippen molar-refractivity contribution in [1.29, 1.82) is 0 Å². The summed E-state index contributed by atoms with van der Waals surface area (Å²) in [6, 6.07) is 0. The highest BCUT2D eigenvalue weighted by Gasteiger charge is 2.39. The first-order chi connectivity index (χ1) is 6.22. The number of amides is 1. The molecule has 0 aromatic heterocycles. The van der Waals surface area contributed by atoms with E-state index >= 15 is 0 Å². The number of hydrogen-bond donors (Lipinski definition) is 1. The molecule has 2 fully saturated rings. The van der Waals surface area contributed by atoms with E-state index in [2.05, 4.69) is 0 Å². The molecule has 2 N–H and O–H groups in total. The molecule has 0 heterocycles. The van der Waals surface area contributed by atoms with Crippen molar-refractivity contribution >= 4 is 5.91 Å². The monoisotopic (exact) mass is 181 g/mol. The number of nitrogens with two attached hydrogens (primary N) is 1. The van der Waals surface area contributed by atoms with E-state index in [1.165, 1.54) is 38.5 Å². The lowest BCUT2D eigenvalue weighted by Gasteiger charge is -2.36. The molecule has 2 nitrogen and oxygen atoms in total. The molecule has 2 saturated carbocycles. The fourth-order valence-corrected chi connectivity index (χ4v) is 3.27. The van der Waals surface area contributed by atoms with E-state index in [-0.39, 0.29) is 11.8 Å². The molecule has 1 amide bonds. The SMILES string of the molecule is NC(=O)C1CCCC2(CCCC2)C1. The largest absolute Gasteiger partial charge is 0.369 e. The molecule has 13 heavy (non-hydrogen) atoms. The minimum atomic E-state index is -0.0639. The second-order valence-corrected chi connectivity index (χ2v) is 4.90. The van der Waals surface area contributed by atoms with Gasteiger partial charge in [-0.3, -0.25) is 4.79 Å². The van der Waals surface area contributed by atoms with Crippen LogP contribution in [0.1, 0.15) is 51.4 Å². The molecule has 1 unspecified atom stereocenters. The average molecular weight is 181 g/mol. The number of hydrogen-bond acceptors (Lipinski definition) is 1. The van der Waals surface area contributed by atoms with Gasteiger partial charge in [-0.1, -0.05) is 19.3 Å². The maximum absolute atomic E-state index is 11.1. The Morgan fingerprint density at radius 1 is 1.15 bits per heavy atom. The third kappa shape index (κ3) is 1.72. The number of rotatable bonds is 1. The molecule has 2 rings (SSSR count). The molecule has 2 aliphatic rings. The highest BCUT2D eigenvalue weighted by molar-refractivity contribution is 5.76. The van der Waals surface area contributed by atoms with Crippen molar-refractivity contribution in [3.05, 3.63) is 0 Å². The van der Waals surface area contributed by atoms with Crippen molar-refractivity contribution in [1.82, 2.24) is 0 Å². The highest BCUT2D eigenvalue weighted by Crippen LogP contribution is 2.50. The van der Waals surface area contributed by atoms with Crippen molar-refractivity contribution in [2.45, 2.75) is 51.4 Å². The van der Waals surface area contributed by atoms with Gasteiger partial charge in [0.15, 0.2) is 0 Å². The van der Waals surface area contributed by atoms with Crippen LogP contribution >= 0.6 is 0 Å². The molecule has 2 heteroatoms. The molecule has 74 valence electrons. The van der Waals surface area contributed by atoms with Crippen molar-refractivity contribution in [3.63, 3.8) is 0 Å². The van der Waals surface area contributed by atoms with Gasteiger partial charge in [0.2, 0.25) is 5.91 Å². The Kier molecular flexibility index (Phi) is 2.31. The third-order valence-corrected chi connectivity index (χ3v) is 4.01. The van der Waals surface area contributed by atoms with Crippen LogP contribution in [0.2, 0.25) is 0 Å². The molecular formula is C11H19NO. The van der Waals surface area contributed by atoms with E-state index in [4.69, 9.17) is 5.73 Å². The Bertz CT molecular complexity index is 206. The molecule has 0 aromatic rings. The van der Waals surface area contributed by atoms with Crippen LogP contribution in [0.4, 0.5) is 0 Å². The molecule has 0 aromatic carbocycles. The van der Waals surface area contributed by atoms with Crippen LogP contribution in [0.15, 0.2) is 0 Å². The average Bonchev–Trinajstić information content (AvgIpc) is 2.53. The van der Waals surface area contributed by atoms with Crippen LogP contribution in [-0.2, 0) is 4.79 Å². The Labute approximate surface area is 79.9 Å². The van der Waals surface area contributed by atoms with Crippen molar-refractivity contribution < 1.29 is 4.79 Å². The fraction of sp³-hybridized carbons (Fsp3) is 0.909. The maximum atomic E-state index is 11.1. The third-order valence-electron chi connectivity index (χ3n) is 4.01. The first-order valence-electron chi connectivity index (χ1n) is 5.51. The minimum absolute atomic E-state index is 0.0639. The Hall–Kier alpha value is -0.530. The fourth-order valence-electron chi connectivity index (χ4n) is 3.27. The number of primary amides is 1. The van der Waals surface area contributed by atoms with E-state index in [9.17, 15) is 4.79 Å². The van der Waals surface area contributed by atoms with E-state index in [0.29, 0.717) is 5.41 Å². The predicted octanol–water partition coefficient (Wildman–Crippen LogP) is 2.22. The Morgan fingerprint density at radius 3 is 2.38 bits per heavy atom. The Balaban J connectivity index is 2.02. The van der Waals surface area contributed by atoms with Gasteiger partial charge in [-0.05, 0) is 37.5 Å². The Morgan fingerprint density at radius 2 is 1.77 bits per heavy atom. The first kappa shape index (κ1) is 9.04. The zero-order chi connectivity index (χ0) is 9.31. The van der Waals surface area contributed by atoms with Gasteiger partial charge in [0.1, 0.15) is 0 Å². The van der Waals surface area contributed by atoms with Crippen LogP contribution in [0.5, 0.6) is 0 Å². The van der Waals surface area contributed by atoms with Gasteiger partial charge in [0.25, 0.3) is 0 Å². The normalized spacial score (nSPS) is 32.2. The molecule has 1 spiro atoms. The minimum Gasteiger partial charge on any atom is -0.369 e. The highest BCUT2D eigenvalue weighted by atomic mass is 16.1. The zero-order valence-electron chi connectivity index (χ0n) is 8.22. The van der Waals surface area contributed by atoms with E-state index < -0.39 is 0 Å². The quantitative estimate of drug-likeness (QED) is 0.662. The summed E-state index contributed by atoms with van der Waals surface area (Å²) in [7, 11) is 0. The summed E-state index contributed by atoms with van der Waals surface area (Å²) in [5.41, 5.74) is 5.90. The van der Waals surface area contributed by atoms with Crippen LogP contribution < -0.4 is 5.73 Å². The van der Waals surface area contributed by atoms with Crippen LogP contribution in [0, 0.1) is 11.3 Å². The zero-order valence-corrected chi connectivity index (χ0v) is 8.22. The second kappa shape index (κ2) is 3.32. The molecular weight excluding hydrogens is 162 g/mol. The van der Waals surface area contributed by atoms with Gasteiger partial charge in [-0.25, -0.2) is 0 Å². The molecule has 0 bridgehead atoms. The lowest BCUT2D eigenvalue weighted by Crippen LogP contribution is -2.33. The van der Waals surface area contributed by atoms with Gasteiger partial charge in [0, 0.05) is 5.92 Å². The lowest BCUT2D eigenvalue weighted by atomic mass is 9.68. The summed E-state index contributed by atoms with van der Waals surface area (Å²) >= 11 is 0. The van der Waals surface area contributed by atoms with E-state index in [1.54, 1.807) is 0 Å². The molecule has 2 aliphatic carbocycles. The van der Waals surface area contributed by atoms with Crippen molar-refractivity contribution in [2.24, 2.45) is 17.1 Å². The van der Waals surface area contributed by atoms with Gasteiger partial charge < -0.3 is 5.73 Å². The van der Waals surface area contributed by atoms with E-state index in [1.807, 2.05) is 0 Å². The van der Waals surface area contributed by atoms with E-state index in [0.717, 1.165) is 12.8 Å². The van der Waals surface area contributed by atoms with Crippen molar-refractivity contribution in [3.8, 4) is 0 Å². The van der Waals surface area contributed by atoms with Crippen LogP contribution in [0.25, 0.3) is 0 Å². The summed E-state index contributed by atoms with van der Waals surface area (Å²) in [5.74, 6) is 0.123. The summed E-state index contributed by atoms with van der Waals surface area (Å²) in [6.45, 7) is 0. The molecule has 0 radical (unpaired) electrons. The number of carbonyl (C=O) groups is 1. The predicted molar refractivity (Wildman–Crippen MR) is 52.1 cm³/mol. The first-order valence-corrected chi connectivity index (χ1v) is 5.51. The smallest absolute Gasteiger partial charge is 0.220 e. The number of carbonyl (C=O) groups excluding carboxylic acids is 1. The summed E-state index contributed by atoms with van der Waals surface area (Å²) in [5, 5.41) is 0. The summed E-state index contributed by atoms with van der Waals surface area (Å²) in [6.07, 6.45) is 10.1. The van der Waals surface area contributed by atoms with Gasteiger partial charge >= 0.3 is 0 Å². The van der Waals surface area contributed by atoms with Crippen LogP contribution in [0.3, 0.4) is 0 Å². The topological polar surface area (TPSA) is 43.1 Å². The van der Waals surface area contributed by atoms with Gasteiger partial charge in [-0.15, -0.1) is 0 Å².